The van der Waals surface area contributed by atoms with E-state index in [-0.39, 0.29) is 0 Å². The summed E-state index contributed by atoms with van der Waals surface area (Å²) < 4.78 is 5.75. The second-order valence-corrected chi connectivity index (χ2v) is 6.38. The summed E-state index contributed by atoms with van der Waals surface area (Å²) in [4.78, 5) is 12.3. The van der Waals surface area contributed by atoms with Crippen molar-refractivity contribution in [2.75, 3.05) is 24.6 Å². The molecule has 0 unspecified atom stereocenters. The maximum absolute atomic E-state index is 5.75. The highest BCUT2D eigenvalue weighted by Crippen LogP contribution is 2.27. The molecule has 1 fully saturated rings. The molecule has 0 amide bonds. The minimum absolute atomic E-state index is 0.620. The molecule has 106 valence electrons. The average Bonchev–Trinajstić information content (AvgIpc) is 2.93. The van der Waals surface area contributed by atoms with Gasteiger partial charge in [0.15, 0.2) is 5.13 Å². The molecule has 0 aromatic carbocycles. The quantitative estimate of drug-likeness (QED) is 0.866. The molecule has 1 aliphatic rings. The summed E-state index contributed by atoms with van der Waals surface area (Å²) in [6.07, 6.45) is 6.04. The van der Waals surface area contributed by atoms with Gasteiger partial charge in [-0.3, -0.25) is 0 Å². The SMILES string of the molecule is Cc1cnc(N2CCC(COc3ccccn3)CC2)s1. The van der Waals surface area contributed by atoms with Crippen LogP contribution >= 0.6 is 11.3 Å². The maximum Gasteiger partial charge on any atom is 0.213 e. The van der Waals surface area contributed by atoms with Gasteiger partial charge in [0, 0.05) is 36.4 Å². The Balaban J connectivity index is 1.47. The smallest absolute Gasteiger partial charge is 0.213 e. The van der Waals surface area contributed by atoms with E-state index < -0.39 is 0 Å². The second-order valence-electron chi connectivity index (χ2n) is 5.16. The topological polar surface area (TPSA) is 38.2 Å². The number of piperidine rings is 1. The van der Waals surface area contributed by atoms with E-state index >= 15 is 0 Å². The third kappa shape index (κ3) is 3.28. The fraction of sp³-hybridized carbons (Fsp3) is 0.467. The van der Waals surface area contributed by atoms with Crippen molar-refractivity contribution in [3.63, 3.8) is 0 Å². The number of rotatable bonds is 4. The van der Waals surface area contributed by atoms with Gasteiger partial charge in [-0.15, -0.1) is 11.3 Å². The standard InChI is InChI=1S/C15H19N3OS/c1-12-10-17-15(20-12)18-8-5-13(6-9-18)11-19-14-4-2-3-7-16-14/h2-4,7,10,13H,5-6,8-9,11H2,1H3. The number of nitrogens with zero attached hydrogens (tertiary/aromatic N) is 3. The highest BCUT2D eigenvalue weighted by atomic mass is 32.1. The lowest BCUT2D eigenvalue weighted by Crippen LogP contribution is -2.35. The van der Waals surface area contributed by atoms with Crippen molar-refractivity contribution in [1.82, 2.24) is 9.97 Å². The molecule has 0 radical (unpaired) electrons. The van der Waals surface area contributed by atoms with Crippen molar-refractivity contribution in [2.45, 2.75) is 19.8 Å². The second kappa shape index (κ2) is 6.22. The number of aromatic nitrogens is 2. The summed E-state index contributed by atoms with van der Waals surface area (Å²) in [6.45, 7) is 5.02. The molecule has 20 heavy (non-hydrogen) atoms. The van der Waals surface area contributed by atoms with E-state index in [1.807, 2.05) is 24.4 Å². The van der Waals surface area contributed by atoms with E-state index in [0.29, 0.717) is 5.92 Å². The van der Waals surface area contributed by atoms with E-state index in [1.54, 1.807) is 17.5 Å². The summed E-state index contributed by atoms with van der Waals surface area (Å²) in [5.41, 5.74) is 0. The summed E-state index contributed by atoms with van der Waals surface area (Å²) in [7, 11) is 0. The fourth-order valence-corrected chi connectivity index (χ4v) is 3.23. The molecule has 3 rings (SSSR count). The lowest BCUT2D eigenvalue weighted by atomic mass is 9.98. The first-order valence-electron chi connectivity index (χ1n) is 7.02. The zero-order chi connectivity index (χ0) is 13.8. The Morgan fingerprint density at radius 3 is 2.80 bits per heavy atom. The zero-order valence-electron chi connectivity index (χ0n) is 11.7. The van der Waals surface area contributed by atoms with E-state index in [2.05, 4.69) is 21.8 Å². The predicted octanol–water partition coefficient (Wildman–Crippen LogP) is 3.14. The third-order valence-electron chi connectivity index (χ3n) is 3.60. The number of anilines is 1. The van der Waals surface area contributed by atoms with Crippen molar-refractivity contribution in [3.05, 3.63) is 35.5 Å². The van der Waals surface area contributed by atoms with Gasteiger partial charge >= 0.3 is 0 Å². The van der Waals surface area contributed by atoms with Crippen LogP contribution in [0.1, 0.15) is 17.7 Å². The number of aryl methyl sites for hydroxylation is 1. The van der Waals surface area contributed by atoms with Gasteiger partial charge in [-0.2, -0.15) is 0 Å². The van der Waals surface area contributed by atoms with Gasteiger partial charge < -0.3 is 9.64 Å². The molecule has 2 aromatic heterocycles. The van der Waals surface area contributed by atoms with Gasteiger partial charge in [-0.1, -0.05) is 6.07 Å². The molecule has 0 aliphatic carbocycles. The molecule has 3 heterocycles. The van der Waals surface area contributed by atoms with Gasteiger partial charge in [0.2, 0.25) is 5.88 Å². The van der Waals surface area contributed by atoms with Crippen LogP contribution in [0.3, 0.4) is 0 Å². The van der Waals surface area contributed by atoms with Gasteiger partial charge in [-0.05, 0) is 31.7 Å². The Hall–Kier alpha value is -1.62. The van der Waals surface area contributed by atoms with Crippen LogP contribution in [0.4, 0.5) is 5.13 Å². The molecule has 0 atom stereocenters. The average molecular weight is 289 g/mol. The lowest BCUT2D eigenvalue weighted by molar-refractivity contribution is 0.216. The van der Waals surface area contributed by atoms with Crippen LogP contribution in [0.15, 0.2) is 30.6 Å². The summed E-state index contributed by atoms with van der Waals surface area (Å²) >= 11 is 1.78. The monoisotopic (exact) mass is 289 g/mol. The van der Waals surface area contributed by atoms with Crippen molar-refractivity contribution >= 4 is 16.5 Å². The largest absolute Gasteiger partial charge is 0.477 e. The number of pyridine rings is 1. The minimum atomic E-state index is 0.620. The first-order valence-corrected chi connectivity index (χ1v) is 7.84. The molecule has 2 aromatic rings. The minimum Gasteiger partial charge on any atom is -0.477 e. The van der Waals surface area contributed by atoms with Crippen molar-refractivity contribution in [1.29, 1.82) is 0 Å². The highest BCUT2D eigenvalue weighted by Gasteiger charge is 2.21. The Morgan fingerprint density at radius 1 is 1.30 bits per heavy atom. The van der Waals surface area contributed by atoms with Gasteiger partial charge in [0.25, 0.3) is 0 Å². The molecule has 0 bridgehead atoms. The van der Waals surface area contributed by atoms with E-state index in [0.717, 1.165) is 43.5 Å². The van der Waals surface area contributed by atoms with Crippen LogP contribution < -0.4 is 9.64 Å². The Labute approximate surface area is 123 Å². The van der Waals surface area contributed by atoms with Crippen LogP contribution in [0, 0.1) is 12.8 Å². The molecular weight excluding hydrogens is 270 g/mol. The summed E-state index contributed by atoms with van der Waals surface area (Å²) in [5, 5.41) is 1.16. The predicted molar refractivity (Wildman–Crippen MR) is 81.5 cm³/mol. The molecular formula is C15H19N3OS. The first kappa shape index (κ1) is 13.4. The van der Waals surface area contributed by atoms with Gasteiger partial charge in [0.05, 0.1) is 6.61 Å². The van der Waals surface area contributed by atoms with Crippen LogP contribution in [0.2, 0.25) is 0 Å². The Bertz CT molecular complexity index is 535. The highest BCUT2D eigenvalue weighted by molar-refractivity contribution is 7.15. The van der Waals surface area contributed by atoms with Crippen molar-refractivity contribution < 1.29 is 4.74 Å². The first-order chi connectivity index (χ1) is 9.81. The number of thiazole rings is 1. The fourth-order valence-electron chi connectivity index (χ4n) is 2.42. The third-order valence-corrected chi connectivity index (χ3v) is 4.57. The van der Waals surface area contributed by atoms with Gasteiger partial charge in [-0.25, -0.2) is 9.97 Å². The number of ether oxygens (including phenoxy) is 1. The van der Waals surface area contributed by atoms with E-state index in [4.69, 9.17) is 4.74 Å². The van der Waals surface area contributed by atoms with Crippen molar-refractivity contribution in [3.8, 4) is 5.88 Å². The maximum atomic E-state index is 5.75. The number of hydrogen-bond donors (Lipinski definition) is 0. The van der Waals surface area contributed by atoms with E-state index in [1.165, 1.54) is 4.88 Å². The Kier molecular flexibility index (Phi) is 4.16. The molecule has 4 nitrogen and oxygen atoms in total. The molecule has 0 spiro atoms. The molecule has 0 saturated carbocycles. The van der Waals surface area contributed by atoms with Crippen LogP contribution in [-0.4, -0.2) is 29.7 Å². The van der Waals surface area contributed by atoms with Crippen LogP contribution in [0.25, 0.3) is 0 Å². The molecule has 1 saturated heterocycles. The van der Waals surface area contributed by atoms with Crippen LogP contribution in [0.5, 0.6) is 5.88 Å². The Morgan fingerprint density at radius 2 is 2.15 bits per heavy atom. The van der Waals surface area contributed by atoms with E-state index in [9.17, 15) is 0 Å². The molecule has 0 N–H and O–H groups in total. The lowest BCUT2D eigenvalue weighted by Gasteiger charge is -2.31. The molecule has 5 heteroatoms. The number of hydrogen-bond acceptors (Lipinski definition) is 5. The van der Waals surface area contributed by atoms with Gasteiger partial charge in [0.1, 0.15) is 0 Å². The normalized spacial score (nSPS) is 16.4. The summed E-state index contributed by atoms with van der Waals surface area (Å²) in [5.74, 6) is 1.35. The zero-order valence-corrected chi connectivity index (χ0v) is 12.5. The van der Waals surface area contributed by atoms with Crippen molar-refractivity contribution in [2.24, 2.45) is 5.92 Å². The molecule has 1 aliphatic heterocycles. The summed E-state index contributed by atoms with van der Waals surface area (Å²) in [6, 6.07) is 5.77. The van der Waals surface area contributed by atoms with Crippen LogP contribution in [-0.2, 0) is 0 Å².